The van der Waals surface area contributed by atoms with E-state index in [4.69, 9.17) is 9.15 Å². The molecule has 1 amide bonds. The van der Waals surface area contributed by atoms with E-state index in [9.17, 15) is 4.79 Å². The normalized spacial score (nSPS) is 17.4. The van der Waals surface area contributed by atoms with E-state index in [-0.39, 0.29) is 12.0 Å². The van der Waals surface area contributed by atoms with Crippen LogP contribution in [0, 0.1) is 6.92 Å². The van der Waals surface area contributed by atoms with Gasteiger partial charge in [-0.25, -0.2) is 4.98 Å². The molecule has 5 nitrogen and oxygen atoms in total. The van der Waals surface area contributed by atoms with Gasteiger partial charge in [-0.15, -0.1) is 0 Å². The number of fused-ring (bicyclic) bond motifs is 1. The van der Waals surface area contributed by atoms with Gasteiger partial charge in [0.05, 0.1) is 6.54 Å². The molecule has 0 bridgehead atoms. The molecule has 0 saturated carbocycles. The van der Waals surface area contributed by atoms with Gasteiger partial charge in [-0.1, -0.05) is 24.3 Å². The van der Waals surface area contributed by atoms with Crippen LogP contribution >= 0.6 is 0 Å². The highest BCUT2D eigenvalue weighted by atomic mass is 16.5. The SMILES string of the molecule is Cc1cccc(OC2CCN(C(=O)c3cc4ccccc4o3)C2)n1. The van der Waals surface area contributed by atoms with Crippen LogP contribution in [0.2, 0.25) is 0 Å². The Hall–Kier alpha value is -2.82. The average Bonchev–Trinajstić information content (AvgIpc) is 3.20. The molecular formula is C19H18N2O3. The summed E-state index contributed by atoms with van der Waals surface area (Å²) in [5.41, 5.74) is 1.65. The molecule has 2 aromatic heterocycles. The molecule has 24 heavy (non-hydrogen) atoms. The summed E-state index contributed by atoms with van der Waals surface area (Å²) in [6, 6.07) is 15.1. The number of benzene rings is 1. The number of hydrogen-bond acceptors (Lipinski definition) is 4. The Bertz CT molecular complexity index is 854. The Morgan fingerprint density at radius 1 is 1.25 bits per heavy atom. The second-order valence-corrected chi connectivity index (χ2v) is 6.05. The fraction of sp³-hybridized carbons (Fsp3) is 0.263. The lowest BCUT2D eigenvalue weighted by atomic mass is 10.2. The van der Waals surface area contributed by atoms with E-state index >= 15 is 0 Å². The Balaban J connectivity index is 1.45. The third kappa shape index (κ3) is 2.85. The van der Waals surface area contributed by atoms with E-state index < -0.39 is 0 Å². The Kier molecular flexibility index (Phi) is 3.69. The monoisotopic (exact) mass is 322 g/mol. The van der Waals surface area contributed by atoms with Gasteiger partial charge in [-0.3, -0.25) is 4.79 Å². The molecule has 3 aromatic rings. The minimum atomic E-state index is -0.0884. The van der Waals surface area contributed by atoms with Gasteiger partial charge in [0.2, 0.25) is 5.88 Å². The molecular weight excluding hydrogens is 304 g/mol. The molecule has 1 atom stereocenters. The summed E-state index contributed by atoms with van der Waals surface area (Å²) in [7, 11) is 0. The topological polar surface area (TPSA) is 55.6 Å². The molecule has 3 heterocycles. The van der Waals surface area contributed by atoms with Crippen LogP contribution in [0.1, 0.15) is 22.7 Å². The number of aryl methyl sites for hydroxylation is 1. The number of para-hydroxylation sites is 1. The molecule has 1 aliphatic rings. The van der Waals surface area contributed by atoms with Crippen LogP contribution in [0.25, 0.3) is 11.0 Å². The number of nitrogens with zero attached hydrogens (tertiary/aromatic N) is 2. The van der Waals surface area contributed by atoms with Crippen molar-refractivity contribution in [2.24, 2.45) is 0 Å². The van der Waals surface area contributed by atoms with Crippen molar-refractivity contribution in [1.29, 1.82) is 0 Å². The lowest BCUT2D eigenvalue weighted by Gasteiger charge is -2.15. The number of pyridine rings is 1. The first kappa shape index (κ1) is 14.8. The number of likely N-dealkylation sites (tertiary alicyclic amines) is 1. The van der Waals surface area contributed by atoms with E-state index in [0.29, 0.717) is 24.7 Å². The molecule has 1 saturated heterocycles. The fourth-order valence-electron chi connectivity index (χ4n) is 3.01. The fourth-order valence-corrected chi connectivity index (χ4v) is 3.01. The van der Waals surface area contributed by atoms with Crippen LogP contribution < -0.4 is 4.74 Å². The number of carbonyl (C=O) groups excluding carboxylic acids is 1. The summed E-state index contributed by atoms with van der Waals surface area (Å²) in [5, 5.41) is 0.941. The predicted octanol–water partition coefficient (Wildman–Crippen LogP) is 3.43. The van der Waals surface area contributed by atoms with E-state index in [1.54, 1.807) is 11.0 Å². The Morgan fingerprint density at radius 3 is 2.96 bits per heavy atom. The number of hydrogen-bond donors (Lipinski definition) is 0. The zero-order valence-corrected chi connectivity index (χ0v) is 13.4. The zero-order chi connectivity index (χ0) is 16.5. The summed E-state index contributed by atoms with van der Waals surface area (Å²) in [5.74, 6) is 0.901. The van der Waals surface area contributed by atoms with Gasteiger partial charge in [-0.05, 0) is 25.1 Å². The molecule has 0 spiro atoms. The third-order valence-electron chi connectivity index (χ3n) is 4.22. The van der Waals surface area contributed by atoms with Gasteiger partial charge in [0, 0.05) is 30.1 Å². The number of rotatable bonds is 3. The van der Waals surface area contributed by atoms with Gasteiger partial charge in [-0.2, -0.15) is 0 Å². The maximum absolute atomic E-state index is 12.6. The molecule has 1 aromatic carbocycles. The van der Waals surface area contributed by atoms with Gasteiger partial charge in [0.25, 0.3) is 5.91 Å². The molecule has 4 rings (SSSR count). The van der Waals surface area contributed by atoms with Crippen molar-refractivity contribution < 1.29 is 13.9 Å². The number of carbonyl (C=O) groups is 1. The van der Waals surface area contributed by atoms with Crippen LogP contribution in [0.15, 0.2) is 52.9 Å². The van der Waals surface area contributed by atoms with Crippen molar-refractivity contribution in [2.75, 3.05) is 13.1 Å². The molecule has 0 aliphatic carbocycles. The van der Waals surface area contributed by atoms with Crippen molar-refractivity contribution >= 4 is 16.9 Å². The minimum absolute atomic E-state index is 0.0346. The average molecular weight is 322 g/mol. The lowest BCUT2D eigenvalue weighted by molar-refractivity contribution is 0.0742. The van der Waals surface area contributed by atoms with Crippen LogP contribution in [0.4, 0.5) is 0 Å². The van der Waals surface area contributed by atoms with Crippen LogP contribution in [0.5, 0.6) is 5.88 Å². The van der Waals surface area contributed by atoms with Crippen LogP contribution in [-0.2, 0) is 0 Å². The molecule has 0 N–H and O–H groups in total. The molecule has 1 fully saturated rings. The van der Waals surface area contributed by atoms with E-state index in [0.717, 1.165) is 23.1 Å². The number of ether oxygens (including phenoxy) is 1. The quantitative estimate of drug-likeness (QED) is 0.741. The summed E-state index contributed by atoms with van der Waals surface area (Å²) in [4.78, 5) is 18.8. The first-order chi connectivity index (χ1) is 11.7. The second-order valence-electron chi connectivity index (χ2n) is 6.05. The molecule has 1 aliphatic heterocycles. The summed E-state index contributed by atoms with van der Waals surface area (Å²) in [6.07, 6.45) is 0.759. The van der Waals surface area contributed by atoms with Crippen molar-refractivity contribution in [3.05, 3.63) is 60.0 Å². The largest absolute Gasteiger partial charge is 0.472 e. The van der Waals surface area contributed by atoms with Crippen molar-refractivity contribution in [2.45, 2.75) is 19.4 Å². The summed E-state index contributed by atoms with van der Waals surface area (Å²) in [6.45, 7) is 3.14. The summed E-state index contributed by atoms with van der Waals surface area (Å²) >= 11 is 0. The maximum Gasteiger partial charge on any atom is 0.289 e. The van der Waals surface area contributed by atoms with E-state index in [1.165, 1.54) is 0 Å². The van der Waals surface area contributed by atoms with Crippen molar-refractivity contribution in [1.82, 2.24) is 9.88 Å². The van der Waals surface area contributed by atoms with E-state index in [1.807, 2.05) is 49.4 Å². The molecule has 0 radical (unpaired) electrons. The first-order valence-electron chi connectivity index (χ1n) is 8.07. The van der Waals surface area contributed by atoms with E-state index in [2.05, 4.69) is 4.98 Å². The molecule has 122 valence electrons. The molecule has 5 heteroatoms. The zero-order valence-electron chi connectivity index (χ0n) is 13.4. The lowest BCUT2D eigenvalue weighted by Crippen LogP contribution is -2.30. The highest BCUT2D eigenvalue weighted by Crippen LogP contribution is 2.23. The highest BCUT2D eigenvalue weighted by molar-refractivity contribution is 5.96. The smallest absolute Gasteiger partial charge is 0.289 e. The second kappa shape index (κ2) is 6.00. The number of furan rings is 1. The van der Waals surface area contributed by atoms with Crippen molar-refractivity contribution in [3.63, 3.8) is 0 Å². The number of aromatic nitrogens is 1. The van der Waals surface area contributed by atoms with Gasteiger partial charge < -0.3 is 14.1 Å². The summed E-state index contributed by atoms with van der Waals surface area (Å²) < 4.78 is 11.6. The van der Waals surface area contributed by atoms with Gasteiger partial charge >= 0.3 is 0 Å². The predicted molar refractivity (Wildman–Crippen MR) is 90.1 cm³/mol. The van der Waals surface area contributed by atoms with Crippen LogP contribution in [0.3, 0.4) is 0 Å². The van der Waals surface area contributed by atoms with Gasteiger partial charge in [0.1, 0.15) is 11.7 Å². The Morgan fingerprint density at radius 2 is 2.12 bits per heavy atom. The van der Waals surface area contributed by atoms with Crippen LogP contribution in [-0.4, -0.2) is 35.0 Å². The standard InChI is InChI=1S/C19H18N2O3/c1-13-5-4-8-18(20-13)23-15-9-10-21(12-15)19(22)17-11-14-6-2-3-7-16(14)24-17/h2-8,11,15H,9-10,12H2,1H3. The minimum Gasteiger partial charge on any atom is -0.472 e. The number of amides is 1. The highest BCUT2D eigenvalue weighted by Gasteiger charge is 2.30. The first-order valence-corrected chi connectivity index (χ1v) is 8.07. The molecule has 1 unspecified atom stereocenters. The maximum atomic E-state index is 12.6. The van der Waals surface area contributed by atoms with Crippen molar-refractivity contribution in [3.8, 4) is 5.88 Å². The third-order valence-corrected chi connectivity index (χ3v) is 4.22. The Labute approximate surface area is 139 Å². The van der Waals surface area contributed by atoms with Gasteiger partial charge in [0.15, 0.2) is 5.76 Å².